The molecule has 0 aliphatic carbocycles. The van der Waals surface area contributed by atoms with Crippen molar-refractivity contribution in [1.82, 2.24) is 14.9 Å². The van der Waals surface area contributed by atoms with Gasteiger partial charge in [-0.05, 0) is 61.9 Å². The molecule has 3 aromatic rings. The summed E-state index contributed by atoms with van der Waals surface area (Å²) in [7, 11) is 0. The van der Waals surface area contributed by atoms with Crippen LogP contribution in [0.3, 0.4) is 0 Å². The summed E-state index contributed by atoms with van der Waals surface area (Å²) in [5, 5.41) is 0. The standard InChI is InChI=1S/C30H35N5O3/c31-30-26-15-29(36)35(27(26)16-28(33-30)38-20-22-9-13-37-14-10-22)18-21-3-5-23(6-4-21)24-7-8-25(32-17-24)19-34-11-1-2-12-34/h3-8,16-17,22H,1-2,9-15,18-20H2,(H2,31,33). The minimum Gasteiger partial charge on any atom is -0.477 e. The smallest absolute Gasteiger partial charge is 0.231 e. The molecule has 38 heavy (non-hydrogen) atoms. The Morgan fingerprint density at radius 3 is 2.50 bits per heavy atom. The van der Waals surface area contributed by atoms with Gasteiger partial charge in [0.05, 0.1) is 31.0 Å². The lowest BCUT2D eigenvalue weighted by Crippen LogP contribution is -2.26. The van der Waals surface area contributed by atoms with E-state index in [0.717, 1.165) is 66.2 Å². The molecule has 8 nitrogen and oxygen atoms in total. The molecule has 3 aliphatic rings. The number of rotatable bonds is 8. The lowest BCUT2D eigenvalue weighted by atomic mass is 10.0. The Balaban J connectivity index is 1.12. The number of nitrogens with zero attached hydrogens (tertiary/aromatic N) is 4. The van der Waals surface area contributed by atoms with Crippen LogP contribution in [-0.4, -0.2) is 53.7 Å². The van der Waals surface area contributed by atoms with Gasteiger partial charge in [0.2, 0.25) is 11.8 Å². The zero-order chi connectivity index (χ0) is 25.9. The number of hydrogen-bond acceptors (Lipinski definition) is 7. The molecule has 3 aliphatic heterocycles. The average Bonchev–Trinajstić information content (AvgIpc) is 3.57. The van der Waals surface area contributed by atoms with Crippen LogP contribution < -0.4 is 15.4 Å². The van der Waals surface area contributed by atoms with Crippen LogP contribution in [0.5, 0.6) is 5.88 Å². The highest BCUT2D eigenvalue weighted by atomic mass is 16.5. The molecule has 198 valence electrons. The molecule has 1 aromatic carbocycles. The summed E-state index contributed by atoms with van der Waals surface area (Å²) in [5.41, 5.74) is 12.2. The molecule has 0 unspecified atom stereocenters. The van der Waals surface area contributed by atoms with Gasteiger partial charge in [0, 0.05) is 43.1 Å². The Bertz CT molecular complexity index is 1270. The van der Waals surface area contributed by atoms with E-state index in [-0.39, 0.29) is 12.3 Å². The van der Waals surface area contributed by atoms with Crippen LogP contribution in [-0.2, 0) is 29.0 Å². The number of likely N-dealkylation sites (tertiary alicyclic amines) is 1. The van der Waals surface area contributed by atoms with Crippen LogP contribution >= 0.6 is 0 Å². The second-order valence-electron chi connectivity index (χ2n) is 10.6. The van der Waals surface area contributed by atoms with Crippen LogP contribution in [0.1, 0.15) is 42.5 Å². The van der Waals surface area contributed by atoms with Gasteiger partial charge in [0.25, 0.3) is 0 Å². The molecule has 0 spiro atoms. The first-order valence-electron chi connectivity index (χ1n) is 13.7. The van der Waals surface area contributed by atoms with Crippen molar-refractivity contribution in [2.45, 2.75) is 45.2 Å². The first kappa shape index (κ1) is 24.8. The maximum atomic E-state index is 12.9. The molecule has 1 amide bonds. The number of amides is 1. The second-order valence-corrected chi connectivity index (χ2v) is 10.6. The third kappa shape index (κ3) is 5.51. The van der Waals surface area contributed by atoms with Gasteiger partial charge >= 0.3 is 0 Å². The molecule has 2 aromatic heterocycles. The predicted molar refractivity (Wildman–Crippen MR) is 147 cm³/mol. The quantitative estimate of drug-likeness (QED) is 0.482. The molecule has 2 N–H and O–H groups in total. The maximum Gasteiger partial charge on any atom is 0.231 e. The molecule has 0 atom stereocenters. The van der Waals surface area contributed by atoms with E-state index in [2.05, 4.69) is 46.3 Å². The van der Waals surface area contributed by atoms with Crippen molar-refractivity contribution in [3.05, 3.63) is 65.5 Å². The number of benzene rings is 1. The zero-order valence-electron chi connectivity index (χ0n) is 21.8. The highest BCUT2D eigenvalue weighted by Gasteiger charge is 2.31. The van der Waals surface area contributed by atoms with E-state index in [9.17, 15) is 4.79 Å². The van der Waals surface area contributed by atoms with Gasteiger partial charge in [-0.15, -0.1) is 0 Å². The van der Waals surface area contributed by atoms with E-state index in [4.69, 9.17) is 20.2 Å². The summed E-state index contributed by atoms with van der Waals surface area (Å²) in [4.78, 5) is 26.3. The number of aromatic nitrogens is 2. The predicted octanol–water partition coefficient (Wildman–Crippen LogP) is 4.22. The van der Waals surface area contributed by atoms with Gasteiger partial charge in [-0.3, -0.25) is 14.7 Å². The number of pyridine rings is 2. The Labute approximate surface area is 223 Å². The Kier molecular flexibility index (Phi) is 7.25. The molecule has 5 heterocycles. The van der Waals surface area contributed by atoms with E-state index in [0.29, 0.717) is 30.8 Å². The molecule has 0 radical (unpaired) electrons. The fourth-order valence-corrected chi connectivity index (χ4v) is 5.56. The van der Waals surface area contributed by atoms with Gasteiger partial charge < -0.3 is 20.1 Å². The van der Waals surface area contributed by atoms with E-state index in [1.54, 1.807) is 4.90 Å². The summed E-state index contributed by atoms with van der Waals surface area (Å²) >= 11 is 0. The fourth-order valence-electron chi connectivity index (χ4n) is 5.56. The van der Waals surface area contributed by atoms with Crippen molar-refractivity contribution in [1.29, 1.82) is 0 Å². The zero-order valence-corrected chi connectivity index (χ0v) is 21.8. The fraction of sp³-hybridized carbons (Fsp3) is 0.433. The summed E-state index contributed by atoms with van der Waals surface area (Å²) < 4.78 is 11.4. The van der Waals surface area contributed by atoms with Crippen LogP contribution in [0, 0.1) is 5.92 Å². The Morgan fingerprint density at radius 1 is 1.00 bits per heavy atom. The Morgan fingerprint density at radius 2 is 1.76 bits per heavy atom. The third-order valence-electron chi connectivity index (χ3n) is 7.87. The van der Waals surface area contributed by atoms with E-state index >= 15 is 0 Å². The average molecular weight is 514 g/mol. The lowest BCUT2D eigenvalue weighted by Gasteiger charge is -2.22. The molecule has 0 bridgehead atoms. The van der Waals surface area contributed by atoms with Gasteiger partial charge in [-0.1, -0.05) is 30.3 Å². The van der Waals surface area contributed by atoms with Crippen LogP contribution in [0.15, 0.2) is 48.7 Å². The van der Waals surface area contributed by atoms with Crippen molar-refractivity contribution in [2.24, 2.45) is 5.92 Å². The number of fused-ring (bicyclic) bond motifs is 1. The maximum absolute atomic E-state index is 12.9. The van der Waals surface area contributed by atoms with Gasteiger partial charge in [-0.25, -0.2) is 0 Å². The van der Waals surface area contributed by atoms with Crippen LogP contribution in [0.2, 0.25) is 0 Å². The largest absolute Gasteiger partial charge is 0.477 e. The van der Waals surface area contributed by atoms with Crippen molar-refractivity contribution in [3.8, 4) is 17.0 Å². The molecular weight excluding hydrogens is 478 g/mol. The Hall–Kier alpha value is -3.49. The molecule has 2 saturated heterocycles. The van der Waals surface area contributed by atoms with Gasteiger partial charge in [-0.2, -0.15) is 4.98 Å². The second kappa shape index (κ2) is 11.1. The first-order chi connectivity index (χ1) is 18.6. The number of carbonyl (C=O) groups excluding carboxylic acids is 1. The molecular formula is C30H35N5O3. The van der Waals surface area contributed by atoms with Crippen molar-refractivity contribution in [3.63, 3.8) is 0 Å². The molecule has 0 saturated carbocycles. The first-order valence-corrected chi connectivity index (χ1v) is 13.7. The van der Waals surface area contributed by atoms with E-state index in [1.165, 1.54) is 25.9 Å². The monoisotopic (exact) mass is 513 g/mol. The molecule has 6 rings (SSSR count). The van der Waals surface area contributed by atoms with Gasteiger partial charge in [0.15, 0.2) is 0 Å². The third-order valence-corrected chi connectivity index (χ3v) is 7.87. The topological polar surface area (TPSA) is 93.8 Å². The van der Waals surface area contributed by atoms with Crippen LogP contribution in [0.4, 0.5) is 11.5 Å². The van der Waals surface area contributed by atoms with Crippen molar-refractivity contribution < 1.29 is 14.3 Å². The number of nitrogens with two attached hydrogens (primary N) is 1. The summed E-state index contributed by atoms with van der Waals surface area (Å²) in [6.45, 7) is 5.86. The van der Waals surface area contributed by atoms with Crippen LogP contribution in [0.25, 0.3) is 11.1 Å². The van der Waals surface area contributed by atoms with Gasteiger partial charge in [0.1, 0.15) is 5.82 Å². The number of anilines is 2. The molecule has 8 heteroatoms. The van der Waals surface area contributed by atoms with E-state index in [1.807, 2.05) is 12.3 Å². The highest BCUT2D eigenvalue weighted by Crippen LogP contribution is 2.36. The number of hydrogen-bond donors (Lipinski definition) is 1. The summed E-state index contributed by atoms with van der Waals surface area (Å²) in [5.74, 6) is 1.32. The van der Waals surface area contributed by atoms with Crippen molar-refractivity contribution in [2.75, 3.05) is 43.5 Å². The number of nitrogen functional groups attached to an aromatic ring is 1. The normalized spacial score (nSPS) is 18.2. The SMILES string of the molecule is Nc1nc(OCC2CCOCC2)cc2c1CC(=O)N2Cc1ccc(-c2ccc(CN3CCCC3)nc2)cc1. The highest BCUT2D eigenvalue weighted by molar-refractivity contribution is 6.03. The summed E-state index contributed by atoms with van der Waals surface area (Å²) in [6.07, 6.45) is 6.77. The minimum absolute atomic E-state index is 0.0250. The lowest BCUT2D eigenvalue weighted by molar-refractivity contribution is -0.117. The van der Waals surface area contributed by atoms with E-state index < -0.39 is 0 Å². The summed E-state index contributed by atoms with van der Waals surface area (Å²) in [6, 6.07) is 14.5. The minimum atomic E-state index is 0.0250. The van der Waals surface area contributed by atoms with Crippen molar-refractivity contribution >= 4 is 17.4 Å². The number of carbonyl (C=O) groups is 1. The molecule has 2 fully saturated rings. The number of ether oxygens (including phenoxy) is 2.